The molecule has 5 rings (SSSR count). The number of nitrogens with zero attached hydrogens (tertiary/aromatic N) is 6. The molecule has 1 aliphatic heterocycles. The minimum absolute atomic E-state index is 0.0652. The Bertz CT molecular complexity index is 1530. The Balaban J connectivity index is 1.54. The molecule has 0 unspecified atom stereocenters. The molecule has 4 heterocycles. The summed E-state index contributed by atoms with van der Waals surface area (Å²) >= 11 is 0. The number of imidazole rings is 1. The van der Waals surface area contributed by atoms with Crippen LogP contribution in [0, 0.1) is 23.7 Å². The van der Waals surface area contributed by atoms with Gasteiger partial charge in [0.1, 0.15) is 17.0 Å². The summed E-state index contributed by atoms with van der Waals surface area (Å²) in [7, 11) is 0. The fourth-order valence-corrected chi connectivity index (χ4v) is 5.10. The summed E-state index contributed by atoms with van der Waals surface area (Å²) in [5.74, 6) is 7.97. The third kappa shape index (κ3) is 6.51. The van der Waals surface area contributed by atoms with Crippen molar-refractivity contribution in [1.82, 2.24) is 29.2 Å². The van der Waals surface area contributed by atoms with E-state index < -0.39 is 0 Å². The van der Waals surface area contributed by atoms with Crippen molar-refractivity contribution in [2.75, 3.05) is 32.7 Å². The molecule has 208 valence electrons. The third-order valence-corrected chi connectivity index (χ3v) is 7.56. The molecule has 1 fully saturated rings. The number of rotatable bonds is 9. The lowest BCUT2D eigenvalue weighted by Gasteiger charge is -2.24. The van der Waals surface area contributed by atoms with Crippen LogP contribution in [-0.4, -0.2) is 67.8 Å². The lowest BCUT2D eigenvalue weighted by Crippen LogP contribution is -2.34. The maximum atomic E-state index is 13.8. The topological polar surface area (TPSA) is 66.6 Å². The lowest BCUT2D eigenvalue weighted by atomic mass is 10.1. The molecular weight excluding hydrogens is 496 g/mol. The summed E-state index contributed by atoms with van der Waals surface area (Å²) in [6.07, 6.45) is 9.76. The number of pyridine rings is 1. The van der Waals surface area contributed by atoms with Gasteiger partial charge in [-0.2, -0.15) is 0 Å². The number of fused-ring (bicyclic) bond motifs is 2. The van der Waals surface area contributed by atoms with Gasteiger partial charge in [0.05, 0.1) is 23.1 Å². The highest BCUT2D eigenvalue weighted by Gasteiger charge is 2.20. The fraction of sp³-hybridized carbons (Fsp3) is 0.455. The van der Waals surface area contributed by atoms with E-state index in [-0.39, 0.29) is 5.91 Å². The Hall–Kier alpha value is -3.76. The second-order valence-corrected chi connectivity index (χ2v) is 11.7. The molecule has 0 spiro atoms. The average molecular weight is 537 g/mol. The van der Waals surface area contributed by atoms with Gasteiger partial charge in [-0.3, -0.25) is 24.1 Å². The predicted molar refractivity (Wildman–Crippen MR) is 161 cm³/mol. The van der Waals surface area contributed by atoms with Gasteiger partial charge in [0, 0.05) is 37.2 Å². The van der Waals surface area contributed by atoms with Crippen molar-refractivity contribution in [3.05, 3.63) is 60.2 Å². The van der Waals surface area contributed by atoms with Gasteiger partial charge in [-0.15, -0.1) is 0 Å². The van der Waals surface area contributed by atoms with Gasteiger partial charge < -0.3 is 4.90 Å². The van der Waals surface area contributed by atoms with E-state index in [1.54, 1.807) is 12.4 Å². The quantitative estimate of drug-likeness (QED) is 0.248. The molecule has 1 saturated heterocycles. The number of amides is 1. The number of benzene rings is 1. The second-order valence-electron chi connectivity index (χ2n) is 11.7. The van der Waals surface area contributed by atoms with E-state index >= 15 is 0 Å². The van der Waals surface area contributed by atoms with Crippen molar-refractivity contribution in [1.29, 1.82) is 0 Å². The third-order valence-electron chi connectivity index (χ3n) is 7.56. The van der Waals surface area contributed by atoms with Crippen molar-refractivity contribution in [3.63, 3.8) is 0 Å². The van der Waals surface area contributed by atoms with Crippen LogP contribution in [0.3, 0.4) is 0 Å². The van der Waals surface area contributed by atoms with E-state index in [4.69, 9.17) is 4.98 Å². The van der Waals surface area contributed by atoms with E-state index in [2.05, 4.69) is 54.4 Å². The lowest BCUT2D eigenvalue weighted by molar-refractivity contribution is 0.0740. The van der Waals surface area contributed by atoms with Crippen LogP contribution >= 0.6 is 0 Å². The monoisotopic (exact) mass is 536 g/mol. The summed E-state index contributed by atoms with van der Waals surface area (Å²) in [6, 6.07) is 9.85. The van der Waals surface area contributed by atoms with Gasteiger partial charge in [0.15, 0.2) is 0 Å². The predicted octanol–water partition coefficient (Wildman–Crippen LogP) is 5.93. The van der Waals surface area contributed by atoms with Crippen LogP contribution in [0.1, 0.15) is 69.4 Å². The molecule has 0 saturated carbocycles. The molecule has 1 aliphatic rings. The Kier molecular flexibility index (Phi) is 8.76. The molecule has 0 N–H and O–H groups in total. The average Bonchev–Trinajstić information content (AvgIpc) is 3.60. The molecule has 3 aromatic heterocycles. The molecule has 40 heavy (non-hydrogen) atoms. The highest BCUT2D eigenvalue weighted by Crippen LogP contribution is 2.27. The Morgan fingerprint density at radius 1 is 0.950 bits per heavy atom. The SMILES string of the molecule is CC(C)CCN(CCC(C)C)C(=O)c1ccc2nc(-c3ccc4nccnc4c3)c(C#CCN3CCCC3)n2c1. The van der Waals surface area contributed by atoms with E-state index in [9.17, 15) is 4.79 Å². The largest absolute Gasteiger partial charge is 0.339 e. The highest BCUT2D eigenvalue weighted by atomic mass is 16.2. The molecule has 7 nitrogen and oxygen atoms in total. The van der Waals surface area contributed by atoms with Crippen LogP contribution < -0.4 is 0 Å². The minimum atomic E-state index is 0.0652. The molecule has 1 amide bonds. The molecule has 0 atom stereocenters. The summed E-state index contributed by atoms with van der Waals surface area (Å²) in [6.45, 7) is 13.3. The van der Waals surface area contributed by atoms with E-state index in [0.29, 0.717) is 17.4 Å². The van der Waals surface area contributed by atoms with Crippen LogP contribution in [0.15, 0.2) is 48.9 Å². The van der Waals surface area contributed by atoms with Crippen molar-refractivity contribution in [3.8, 4) is 23.1 Å². The van der Waals surface area contributed by atoms with Gasteiger partial charge in [-0.05, 0) is 80.8 Å². The first kappa shape index (κ1) is 27.8. The maximum Gasteiger partial charge on any atom is 0.255 e. The first-order valence-electron chi connectivity index (χ1n) is 14.6. The second kappa shape index (κ2) is 12.6. The van der Waals surface area contributed by atoms with Crippen LogP contribution in [0.4, 0.5) is 0 Å². The van der Waals surface area contributed by atoms with Gasteiger partial charge in [-0.1, -0.05) is 39.7 Å². The molecular formula is C33H40N6O. The number of hydrogen-bond donors (Lipinski definition) is 0. The Morgan fingerprint density at radius 2 is 1.65 bits per heavy atom. The molecule has 0 aliphatic carbocycles. The van der Waals surface area contributed by atoms with E-state index in [1.807, 2.05) is 45.8 Å². The standard InChI is InChI=1S/C33H40N6O/c1-24(2)13-20-38(21-14-25(3)4)33(40)27-10-12-31-36-32(26-9-11-28-29(22-26)35-16-15-34-28)30(39(31)23-27)8-7-19-37-17-5-6-18-37/h9-12,15-16,22-25H,5-6,13-14,17-21H2,1-4H3. The summed E-state index contributed by atoms with van der Waals surface area (Å²) in [5.41, 5.74) is 5.61. The minimum Gasteiger partial charge on any atom is -0.339 e. The number of likely N-dealkylation sites (tertiary alicyclic amines) is 1. The normalized spacial score (nSPS) is 13.8. The Morgan fingerprint density at radius 3 is 2.35 bits per heavy atom. The van der Waals surface area contributed by atoms with Crippen LogP contribution in [-0.2, 0) is 0 Å². The number of hydrogen-bond acceptors (Lipinski definition) is 5. The fourth-order valence-electron chi connectivity index (χ4n) is 5.10. The zero-order chi connectivity index (χ0) is 28.1. The van der Waals surface area contributed by atoms with Crippen molar-refractivity contribution >= 4 is 22.6 Å². The summed E-state index contributed by atoms with van der Waals surface area (Å²) in [4.78, 5) is 32.1. The van der Waals surface area contributed by atoms with E-state index in [0.717, 1.165) is 79.2 Å². The molecule has 4 aromatic rings. The Labute approximate surface area is 237 Å². The zero-order valence-corrected chi connectivity index (χ0v) is 24.2. The number of aromatic nitrogens is 4. The first-order valence-corrected chi connectivity index (χ1v) is 14.6. The van der Waals surface area contributed by atoms with Gasteiger partial charge in [-0.25, -0.2) is 4.98 Å². The van der Waals surface area contributed by atoms with Crippen LogP contribution in [0.25, 0.3) is 27.9 Å². The van der Waals surface area contributed by atoms with E-state index in [1.165, 1.54) is 12.8 Å². The van der Waals surface area contributed by atoms with Gasteiger partial charge in [0.2, 0.25) is 0 Å². The first-order chi connectivity index (χ1) is 19.4. The number of carbonyl (C=O) groups is 1. The van der Waals surface area contributed by atoms with Crippen molar-refractivity contribution in [2.45, 2.75) is 53.4 Å². The molecule has 1 aromatic carbocycles. The van der Waals surface area contributed by atoms with Crippen molar-refractivity contribution < 1.29 is 4.79 Å². The summed E-state index contributed by atoms with van der Waals surface area (Å²) < 4.78 is 1.99. The smallest absolute Gasteiger partial charge is 0.255 e. The van der Waals surface area contributed by atoms with Crippen LogP contribution in [0.2, 0.25) is 0 Å². The zero-order valence-electron chi connectivity index (χ0n) is 24.2. The summed E-state index contributed by atoms with van der Waals surface area (Å²) in [5, 5.41) is 0. The van der Waals surface area contributed by atoms with Crippen LogP contribution in [0.5, 0.6) is 0 Å². The maximum absolute atomic E-state index is 13.8. The molecule has 0 radical (unpaired) electrons. The highest BCUT2D eigenvalue weighted by molar-refractivity contribution is 5.94. The molecule has 7 heteroatoms. The molecule has 0 bridgehead atoms. The van der Waals surface area contributed by atoms with Gasteiger partial charge in [0.25, 0.3) is 5.91 Å². The number of carbonyl (C=O) groups excluding carboxylic acids is 1. The van der Waals surface area contributed by atoms with Gasteiger partial charge >= 0.3 is 0 Å². The van der Waals surface area contributed by atoms with Crippen molar-refractivity contribution in [2.24, 2.45) is 11.8 Å².